The second-order valence-corrected chi connectivity index (χ2v) is 4.11. The number of amides is 1. The maximum Gasteiger partial charge on any atom is 0.251 e. The molecule has 2 nitrogen and oxygen atoms in total. The van der Waals surface area contributed by atoms with Crippen LogP contribution in [0.15, 0.2) is 36.9 Å². The third-order valence-corrected chi connectivity index (χ3v) is 2.47. The Morgan fingerprint density at radius 1 is 1.38 bits per heavy atom. The first-order valence-corrected chi connectivity index (χ1v) is 5.64. The van der Waals surface area contributed by atoms with E-state index in [2.05, 4.69) is 25.7 Å². The molecule has 16 heavy (non-hydrogen) atoms. The van der Waals surface area contributed by atoms with Crippen molar-refractivity contribution in [3.63, 3.8) is 0 Å². The standard InChI is InChI=1S/C14H19NO/c1-4-5-10-15-14(16)13-8-6-12(7-9-13)11(2)3/h4,6-9,11H,1,5,10H2,2-3H3,(H,15,16). The molecule has 1 aromatic rings. The van der Waals surface area contributed by atoms with Gasteiger partial charge in [-0.1, -0.05) is 32.1 Å². The number of benzene rings is 1. The van der Waals surface area contributed by atoms with Crippen LogP contribution in [-0.4, -0.2) is 12.5 Å². The third kappa shape index (κ3) is 3.54. The van der Waals surface area contributed by atoms with Crippen LogP contribution >= 0.6 is 0 Å². The fourth-order valence-electron chi connectivity index (χ4n) is 1.41. The van der Waals surface area contributed by atoms with E-state index in [-0.39, 0.29) is 5.91 Å². The Kier molecular flexibility index (Phi) is 4.77. The number of carbonyl (C=O) groups excluding carboxylic acids is 1. The molecule has 0 saturated heterocycles. The van der Waals surface area contributed by atoms with Crippen LogP contribution in [0.25, 0.3) is 0 Å². The van der Waals surface area contributed by atoms with E-state index in [1.54, 1.807) is 6.08 Å². The van der Waals surface area contributed by atoms with Gasteiger partial charge in [-0.25, -0.2) is 0 Å². The molecule has 0 aromatic heterocycles. The van der Waals surface area contributed by atoms with Crippen LogP contribution in [-0.2, 0) is 0 Å². The molecule has 1 amide bonds. The topological polar surface area (TPSA) is 29.1 Å². The van der Waals surface area contributed by atoms with Crippen molar-refractivity contribution in [2.24, 2.45) is 0 Å². The molecule has 0 spiro atoms. The molecule has 0 aliphatic heterocycles. The Labute approximate surface area is 97.4 Å². The highest BCUT2D eigenvalue weighted by Crippen LogP contribution is 2.14. The summed E-state index contributed by atoms with van der Waals surface area (Å²) < 4.78 is 0. The summed E-state index contributed by atoms with van der Waals surface area (Å²) in [5, 5.41) is 2.84. The first kappa shape index (κ1) is 12.5. The molecular weight excluding hydrogens is 198 g/mol. The maximum atomic E-state index is 11.7. The summed E-state index contributed by atoms with van der Waals surface area (Å²) in [5.74, 6) is 0.482. The maximum absolute atomic E-state index is 11.7. The van der Waals surface area contributed by atoms with Crippen molar-refractivity contribution in [3.05, 3.63) is 48.0 Å². The van der Waals surface area contributed by atoms with Crippen molar-refractivity contribution in [1.29, 1.82) is 0 Å². The highest BCUT2D eigenvalue weighted by atomic mass is 16.1. The third-order valence-electron chi connectivity index (χ3n) is 2.47. The minimum Gasteiger partial charge on any atom is -0.352 e. The summed E-state index contributed by atoms with van der Waals surface area (Å²) in [6.07, 6.45) is 2.60. The molecule has 0 unspecified atom stereocenters. The second kappa shape index (κ2) is 6.11. The van der Waals surface area contributed by atoms with Gasteiger partial charge in [0.1, 0.15) is 0 Å². The fraction of sp³-hybridized carbons (Fsp3) is 0.357. The first-order chi connectivity index (χ1) is 7.65. The van der Waals surface area contributed by atoms with Crippen LogP contribution in [0.4, 0.5) is 0 Å². The van der Waals surface area contributed by atoms with E-state index >= 15 is 0 Å². The molecule has 0 bridgehead atoms. The Hall–Kier alpha value is -1.57. The van der Waals surface area contributed by atoms with Gasteiger partial charge in [-0.05, 0) is 30.0 Å². The van der Waals surface area contributed by atoms with Gasteiger partial charge in [-0.15, -0.1) is 6.58 Å². The lowest BCUT2D eigenvalue weighted by Gasteiger charge is -2.07. The Balaban J connectivity index is 2.59. The van der Waals surface area contributed by atoms with Crippen molar-refractivity contribution < 1.29 is 4.79 Å². The molecule has 1 aromatic carbocycles. The van der Waals surface area contributed by atoms with Crippen LogP contribution in [0.1, 0.15) is 42.1 Å². The van der Waals surface area contributed by atoms with Crippen LogP contribution in [0.3, 0.4) is 0 Å². The molecule has 0 radical (unpaired) electrons. The molecule has 0 atom stereocenters. The number of hydrogen-bond acceptors (Lipinski definition) is 1. The number of hydrogen-bond donors (Lipinski definition) is 1. The van der Waals surface area contributed by atoms with Gasteiger partial charge >= 0.3 is 0 Å². The quantitative estimate of drug-likeness (QED) is 0.596. The van der Waals surface area contributed by atoms with E-state index in [0.717, 1.165) is 6.42 Å². The zero-order valence-corrected chi connectivity index (χ0v) is 9.99. The summed E-state index contributed by atoms with van der Waals surface area (Å²) in [6, 6.07) is 7.76. The van der Waals surface area contributed by atoms with Crippen LogP contribution in [0.5, 0.6) is 0 Å². The predicted octanol–water partition coefficient (Wildman–Crippen LogP) is 3.12. The monoisotopic (exact) mass is 217 g/mol. The van der Waals surface area contributed by atoms with E-state index in [9.17, 15) is 4.79 Å². The van der Waals surface area contributed by atoms with E-state index in [4.69, 9.17) is 0 Å². The van der Waals surface area contributed by atoms with Crippen molar-refractivity contribution in [3.8, 4) is 0 Å². The molecule has 0 fully saturated rings. The van der Waals surface area contributed by atoms with Crippen LogP contribution in [0, 0.1) is 0 Å². The van der Waals surface area contributed by atoms with Crippen LogP contribution < -0.4 is 5.32 Å². The SMILES string of the molecule is C=CCCNC(=O)c1ccc(C(C)C)cc1. The normalized spacial score (nSPS) is 10.2. The minimum atomic E-state index is -0.0165. The zero-order valence-electron chi connectivity index (χ0n) is 9.99. The summed E-state index contributed by atoms with van der Waals surface area (Å²) in [7, 11) is 0. The van der Waals surface area contributed by atoms with Gasteiger partial charge in [0.2, 0.25) is 0 Å². The zero-order chi connectivity index (χ0) is 12.0. The van der Waals surface area contributed by atoms with Gasteiger partial charge in [0, 0.05) is 12.1 Å². The summed E-state index contributed by atoms with van der Waals surface area (Å²) >= 11 is 0. The van der Waals surface area contributed by atoms with Gasteiger partial charge in [0.05, 0.1) is 0 Å². The molecule has 0 saturated carbocycles. The Morgan fingerprint density at radius 2 is 2.00 bits per heavy atom. The van der Waals surface area contributed by atoms with Gasteiger partial charge < -0.3 is 5.32 Å². The van der Waals surface area contributed by atoms with E-state index in [1.165, 1.54) is 5.56 Å². The molecule has 2 heteroatoms. The lowest BCUT2D eigenvalue weighted by molar-refractivity contribution is 0.0954. The Bertz CT molecular complexity index is 352. The largest absolute Gasteiger partial charge is 0.352 e. The molecule has 1 rings (SSSR count). The smallest absolute Gasteiger partial charge is 0.251 e. The van der Waals surface area contributed by atoms with E-state index in [1.807, 2.05) is 24.3 Å². The first-order valence-electron chi connectivity index (χ1n) is 5.64. The van der Waals surface area contributed by atoms with E-state index < -0.39 is 0 Å². The second-order valence-electron chi connectivity index (χ2n) is 4.11. The molecular formula is C14H19NO. The highest BCUT2D eigenvalue weighted by molar-refractivity contribution is 5.94. The van der Waals surface area contributed by atoms with Gasteiger partial charge in [0.25, 0.3) is 5.91 Å². The van der Waals surface area contributed by atoms with Crippen LogP contribution in [0.2, 0.25) is 0 Å². The number of carbonyl (C=O) groups is 1. The Morgan fingerprint density at radius 3 is 2.50 bits per heavy atom. The predicted molar refractivity (Wildman–Crippen MR) is 67.7 cm³/mol. The van der Waals surface area contributed by atoms with Gasteiger partial charge in [0.15, 0.2) is 0 Å². The van der Waals surface area contributed by atoms with E-state index in [0.29, 0.717) is 18.0 Å². The lowest BCUT2D eigenvalue weighted by Crippen LogP contribution is -2.23. The van der Waals surface area contributed by atoms with Crippen molar-refractivity contribution in [2.75, 3.05) is 6.54 Å². The lowest BCUT2D eigenvalue weighted by atomic mass is 10.0. The average molecular weight is 217 g/mol. The molecule has 1 N–H and O–H groups in total. The van der Waals surface area contributed by atoms with Crippen molar-refractivity contribution in [2.45, 2.75) is 26.2 Å². The highest BCUT2D eigenvalue weighted by Gasteiger charge is 2.05. The molecule has 0 aliphatic carbocycles. The number of nitrogens with one attached hydrogen (secondary N) is 1. The fourth-order valence-corrected chi connectivity index (χ4v) is 1.41. The van der Waals surface area contributed by atoms with Gasteiger partial charge in [-0.3, -0.25) is 4.79 Å². The summed E-state index contributed by atoms with van der Waals surface area (Å²) in [5.41, 5.74) is 1.97. The molecule has 0 heterocycles. The summed E-state index contributed by atoms with van der Waals surface area (Å²) in [6.45, 7) is 8.53. The van der Waals surface area contributed by atoms with Crippen molar-refractivity contribution in [1.82, 2.24) is 5.32 Å². The average Bonchev–Trinajstić information content (AvgIpc) is 2.29. The number of rotatable bonds is 5. The minimum absolute atomic E-state index is 0.0165. The molecule has 86 valence electrons. The molecule has 0 aliphatic rings. The summed E-state index contributed by atoms with van der Waals surface area (Å²) in [4.78, 5) is 11.7. The van der Waals surface area contributed by atoms with Crippen molar-refractivity contribution >= 4 is 5.91 Å². The van der Waals surface area contributed by atoms with Gasteiger partial charge in [-0.2, -0.15) is 0 Å².